The van der Waals surface area contributed by atoms with Gasteiger partial charge in [0.05, 0.1) is 24.4 Å². The van der Waals surface area contributed by atoms with Gasteiger partial charge in [-0.3, -0.25) is 24.6 Å². The zero-order valence-electron chi connectivity index (χ0n) is 15.9. The van der Waals surface area contributed by atoms with Gasteiger partial charge in [0.2, 0.25) is 17.7 Å². The van der Waals surface area contributed by atoms with E-state index in [0.29, 0.717) is 30.7 Å². The SMILES string of the molecule is CN1CCN(CC(=O)Nc2cccc3c([C@H]4CCC(=O)NC4=O)coc23)CC1. The van der Waals surface area contributed by atoms with Crippen LogP contribution >= 0.6 is 0 Å². The lowest BCUT2D eigenvalue weighted by Crippen LogP contribution is -2.47. The molecule has 0 unspecified atom stereocenters. The molecule has 2 saturated heterocycles. The molecule has 0 saturated carbocycles. The van der Waals surface area contributed by atoms with E-state index in [1.54, 1.807) is 12.3 Å². The largest absolute Gasteiger partial charge is 0.462 e. The first-order valence-corrected chi connectivity index (χ1v) is 9.56. The standard InChI is InChI=1S/C20H24N4O4/c1-23-7-9-24(10-8-23)11-18(26)21-16-4-2-3-13-15(12-28-19(13)16)14-5-6-17(25)22-20(14)27/h2-4,12,14H,5-11H2,1H3,(H,21,26)(H,22,25,27)/t14-/m1/s1. The van der Waals surface area contributed by atoms with E-state index < -0.39 is 5.92 Å². The second kappa shape index (κ2) is 7.73. The lowest BCUT2D eigenvalue weighted by atomic mass is 9.90. The molecule has 3 amide bonds. The van der Waals surface area contributed by atoms with Gasteiger partial charge in [0.25, 0.3) is 0 Å². The number of nitrogens with one attached hydrogen (secondary N) is 2. The summed E-state index contributed by atoms with van der Waals surface area (Å²) in [5.74, 6) is -1.05. The highest BCUT2D eigenvalue weighted by Gasteiger charge is 2.30. The van der Waals surface area contributed by atoms with Crippen LogP contribution in [0, 0.1) is 0 Å². The van der Waals surface area contributed by atoms with Crippen LogP contribution in [-0.4, -0.2) is 67.3 Å². The number of benzene rings is 1. The van der Waals surface area contributed by atoms with Crippen molar-refractivity contribution in [3.63, 3.8) is 0 Å². The number of amides is 3. The number of carbonyl (C=O) groups excluding carboxylic acids is 3. The first-order valence-electron chi connectivity index (χ1n) is 9.56. The Balaban J connectivity index is 1.49. The molecule has 2 N–H and O–H groups in total. The number of furan rings is 1. The second-order valence-electron chi connectivity index (χ2n) is 7.50. The summed E-state index contributed by atoms with van der Waals surface area (Å²) in [5, 5.41) is 6.10. The van der Waals surface area contributed by atoms with E-state index in [1.165, 1.54) is 0 Å². The van der Waals surface area contributed by atoms with Gasteiger partial charge in [0.1, 0.15) is 0 Å². The Morgan fingerprint density at radius 3 is 2.79 bits per heavy atom. The lowest BCUT2D eigenvalue weighted by molar-refractivity contribution is -0.134. The van der Waals surface area contributed by atoms with Crippen molar-refractivity contribution in [1.29, 1.82) is 0 Å². The van der Waals surface area contributed by atoms with Crippen molar-refractivity contribution in [3.8, 4) is 0 Å². The summed E-state index contributed by atoms with van der Waals surface area (Å²) in [7, 11) is 2.08. The number of piperazine rings is 1. The maximum atomic E-state index is 12.5. The summed E-state index contributed by atoms with van der Waals surface area (Å²) in [4.78, 5) is 40.5. The number of hydrogen-bond donors (Lipinski definition) is 2. The number of hydrogen-bond acceptors (Lipinski definition) is 6. The van der Waals surface area contributed by atoms with Gasteiger partial charge in [-0.25, -0.2) is 0 Å². The first kappa shape index (κ1) is 18.6. The van der Waals surface area contributed by atoms with Crippen LogP contribution in [0.2, 0.25) is 0 Å². The minimum atomic E-state index is -0.421. The number of imide groups is 1. The fraction of sp³-hybridized carbons (Fsp3) is 0.450. The van der Waals surface area contributed by atoms with Gasteiger partial charge in [-0.2, -0.15) is 0 Å². The summed E-state index contributed by atoms with van der Waals surface area (Å²) in [6.07, 6.45) is 2.32. The molecular weight excluding hydrogens is 360 g/mol. The van der Waals surface area contributed by atoms with Gasteiger partial charge in [-0.05, 0) is 19.5 Å². The number of anilines is 1. The van der Waals surface area contributed by atoms with Crippen LogP contribution in [0.15, 0.2) is 28.9 Å². The molecule has 2 fully saturated rings. The molecule has 0 radical (unpaired) electrons. The van der Waals surface area contributed by atoms with Crippen LogP contribution in [0.5, 0.6) is 0 Å². The summed E-state index contributed by atoms with van der Waals surface area (Å²) in [6, 6.07) is 5.49. The molecule has 2 aliphatic rings. The highest BCUT2D eigenvalue weighted by molar-refractivity contribution is 6.05. The van der Waals surface area contributed by atoms with Gasteiger partial charge in [-0.15, -0.1) is 0 Å². The molecule has 148 valence electrons. The van der Waals surface area contributed by atoms with Gasteiger partial charge < -0.3 is 14.6 Å². The fourth-order valence-corrected chi connectivity index (χ4v) is 3.83. The van der Waals surface area contributed by atoms with Crippen molar-refractivity contribution in [2.45, 2.75) is 18.8 Å². The van der Waals surface area contributed by atoms with E-state index in [0.717, 1.165) is 37.1 Å². The number of rotatable bonds is 4. The molecule has 0 spiro atoms. The molecule has 1 aromatic heterocycles. The monoisotopic (exact) mass is 384 g/mol. The number of fused-ring (bicyclic) bond motifs is 1. The van der Waals surface area contributed by atoms with E-state index in [-0.39, 0.29) is 17.7 Å². The smallest absolute Gasteiger partial charge is 0.238 e. The lowest BCUT2D eigenvalue weighted by Gasteiger charge is -2.31. The van der Waals surface area contributed by atoms with Gasteiger partial charge in [-0.1, -0.05) is 12.1 Å². The predicted molar refractivity (Wildman–Crippen MR) is 104 cm³/mol. The van der Waals surface area contributed by atoms with Gasteiger partial charge >= 0.3 is 0 Å². The summed E-state index contributed by atoms with van der Waals surface area (Å²) in [6.45, 7) is 3.99. The molecule has 0 aliphatic carbocycles. The van der Waals surface area contributed by atoms with Crippen molar-refractivity contribution in [1.82, 2.24) is 15.1 Å². The highest BCUT2D eigenvalue weighted by atomic mass is 16.3. The third kappa shape index (κ3) is 3.79. The van der Waals surface area contributed by atoms with E-state index in [2.05, 4.69) is 27.5 Å². The quantitative estimate of drug-likeness (QED) is 0.768. The maximum absolute atomic E-state index is 12.5. The Morgan fingerprint density at radius 2 is 2.04 bits per heavy atom. The molecule has 2 aromatic rings. The normalized spacial score (nSPS) is 21.7. The first-order chi connectivity index (χ1) is 13.5. The summed E-state index contributed by atoms with van der Waals surface area (Å²) < 4.78 is 5.71. The van der Waals surface area contributed by atoms with Crippen LogP contribution in [0.25, 0.3) is 11.0 Å². The molecule has 3 heterocycles. The Hall–Kier alpha value is -2.71. The molecule has 1 aromatic carbocycles. The third-order valence-electron chi connectivity index (χ3n) is 5.48. The van der Waals surface area contributed by atoms with E-state index >= 15 is 0 Å². The van der Waals surface area contributed by atoms with Crippen molar-refractivity contribution >= 4 is 34.4 Å². The molecule has 28 heavy (non-hydrogen) atoms. The average molecular weight is 384 g/mol. The molecule has 8 nitrogen and oxygen atoms in total. The number of likely N-dealkylation sites (N-methyl/N-ethyl adjacent to an activating group) is 1. The Kier molecular flexibility index (Phi) is 5.15. The van der Waals surface area contributed by atoms with Crippen molar-refractivity contribution in [2.24, 2.45) is 0 Å². The van der Waals surface area contributed by atoms with Crippen LogP contribution in [-0.2, 0) is 14.4 Å². The van der Waals surface area contributed by atoms with Crippen LogP contribution < -0.4 is 10.6 Å². The molecule has 0 bridgehead atoms. The second-order valence-corrected chi connectivity index (χ2v) is 7.50. The zero-order valence-corrected chi connectivity index (χ0v) is 15.9. The topological polar surface area (TPSA) is 94.9 Å². The minimum absolute atomic E-state index is 0.0870. The highest BCUT2D eigenvalue weighted by Crippen LogP contribution is 2.35. The maximum Gasteiger partial charge on any atom is 0.238 e. The Bertz CT molecular complexity index is 914. The molecule has 8 heteroatoms. The van der Waals surface area contributed by atoms with Crippen LogP contribution in [0.4, 0.5) is 5.69 Å². The van der Waals surface area contributed by atoms with Crippen molar-refractivity contribution in [3.05, 3.63) is 30.0 Å². The average Bonchev–Trinajstić information content (AvgIpc) is 3.09. The molecule has 2 aliphatic heterocycles. The number of piperidine rings is 1. The van der Waals surface area contributed by atoms with Crippen molar-refractivity contribution in [2.75, 3.05) is 45.1 Å². The van der Waals surface area contributed by atoms with E-state index in [4.69, 9.17) is 4.42 Å². The van der Waals surface area contributed by atoms with Crippen LogP contribution in [0.3, 0.4) is 0 Å². The summed E-state index contributed by atoms with van der Waals surface area (Å²) >= 11 is 0. The minimum Gasteiger partial charge on any atom is -0.462 e. The summed E-state index contributed by atoms with van der Waals surface area (Å²) in [5.41, 5.74) is 1.89. The molecule has 1 atom stereocenters. The third-order valence-corrected chi connectivity index (χ3v) is 5.48. The van der Waals surface area contributed by atoms with Gasteiger partial charge in [0, 0.05) is 43.5 Å². The number of para-hydroxylation sites is 1. The fourth-order valence-electron chi connectivity index (χ4n) is 3.83. The Morgan fingerprint density at radius 1 is 1.25 bits per heavy atom. The Labute approximate surface area is 162 Å². The van der Waals surface area contributed by atoms with E-state index in [1.807, 2.05) is 12.1 Å². The molecular formula is C20H24N4O4. The van der Waals surface area contributed by atoms with Crippen molar-refractivity contribution < 1.29 is 18.8 Å². The molecule has 4 rings (SSSR count). The van der Waals surface area contributed by atoms with Crippen LogP contribution in [0.1, 0.15) is 24.3 Å². The zero-order chi connectivity index (χ0) is 19.7. The number of nitrogens with zero attached hydrogens (tertiary/aromatic N) is 2. The number of carbonyl (C=O) groups is 3. The predicted octanol–water partition coefficient (Wildman–Crippen LogP) is 1.14. The van der Waals surface area contributed by atoms with Gasteiger partial charge in [0.15, 0.2) is 5.58 Å². The van der Waals surface area contributed by atoms with E-state index in [9.17, 15) is 14.4 Å².